The molecule has 0 radical (unpaired) electrons. The van der Waals surface area contributed by atoms with Crippen molar-refractivity contribution < 1.29 is 4.79 Å². The molecule has 3 nitrogen and oxygen atoms in total. The summed E-state index contributed by atoms with van der Waals surface area (Å²) in [6, 6.07) is 0. The number of thiocarbonyl (C=S) groups is 1. The average Bonchev–Trinajstić information content (AvgIpc) is 2.15. The molecule has 0 aliphatic heterocycles. The fourth-order valence-electron chi connectivity index (χ4n) is 1.05. The van der Waals surface area contributed by atoms with Gasteiger partial charge in [-0.05, 0) is 0 Å². The molecule has 0 aliphatic rings. The van der Waals surface area contributed by atoms with Gasteiger partial charge in [-0.2, -0.15) is 0 Å². The predicted octanol–water partition coefficient (Wildman–Crippen LogP) is 1.55. The minimum absolute atomic E-state index is 0.0787. The quantitative estimate of drug-likeness (QED) is 0.539. The van der Waals surface area contributed by atoms with Gasteiger partial charge < -0.3 is 9.80 Å². The molecule has 0 spiro atoms. The van der Waals surface area contributed by atoms with Gasteiger partial charge in [-0.3, -0.25) is 4.79 Å². The topological polar surface area (TPSA) is 23.6 Å². The molecule has 0 aromatic rings. The zero-order valence-corrected chi connectivity index (χ0v) is 11.0. The first-order valence-corrected chi connectivity index (χ1v) is 5.35. The molecule has 0 aliphatic carbocycles. The molecular weight excluding hydrogens is 208 g/mol. The van der Waals surface area contributed by atoms with Gasteiger partial charge in [-0.15, -0.1) is 0 Å². The Kier molecular flexibility index (Phi) is 6.17. The third-order valence-electron chi connectivity index (χ3n) is 2.05. The lowest BCUT2D eigenvalue weighted by Crippen LogP contribution is -2.26. The first-order chi connectivity index (χ1) is 6.86. The van der Waals surface area contributed by atoms with Gasteiger partial charge in [0, 0.05) is 34.6 Å². The summed E-state index contributed by atoms with van der Waals surface area (Å²) in [5, 5.41) is 0. The van der Waals surface area contributed by atoms with Crippen LogP contribution in [0, 0.1) is 5.92 Å². The van der Waals surface area contributed by atoms with Gasteiger partial charge in [0.15, 0.2) is 0 Å². The average molecular weight is 228 g/mol. The summed E-state index contributed by atoms with van der Waals surface area (Å²) < 4.78 is 0. The Morgan fingerprint density at radius 1 is 1.27 bits per heavy atom. The second kappa shape index (κ2) is 6.56. The summed E-state index contributed by atoms with van der Waals surface area (Å²) in [6.45, 7) is 1.89. The van der Waals surface area contributed by atoms with Gasteiger partial charge in [-0.1, -0.05) is 31.3 Å². The number of carbonyl (C=O) groups excluding carboxylic acids is 1. The van der Waals surface area contributed by atoms with Crippen molar-refractivity contribution in [2.75, 3.05) is 28.2 Å². The van der Waals surface area contributed by atoms with Crippen molar-refractivity contribution in [3.05, 3.63) is 12.2 Å². The lowest BCUT2D eigenvalue weighted by molar-refractivity contribution is -0.130. The number of rotatable bonds is 4. The first-order valence-electron chi connectivity index (χ1n) is 4.94. The molecule has 0 fully saturated rings. The van der Waals surface area contributed by atoms with Crippen LogP contribution in [0.15, 0.2) is 12.2 Å². The van der Waals surface area contributed by atoms with Gasteiger partial charge >= 0.3 is 0 Å². The molecule has 0 rings (SSSR count). The maximum absolute atomic E-state index is 11.5. The number of hydrogen-bond donors (Lipinski definition) is 0. The van der Waals surface area contributed by atoms with Crippen LogP contribution in [0.25, 0.3) is 0 Å². The van der Waals surface area contributed by atoms with Crippen LogP contribution in [-0.2, 0) is 4.79 Å². The Hall–Kier alpha value is -0.900. The fourth-order valence-corrected chi connectivity index (χ4v) is 1.14. The van der Waals surface area contributed by atoms with E-state index in [-0.39, 0.29) is 11.8 Å². The molecule has 0 aromatic carbocycles. The van der Waals surface area contributed by atoms with Crippen molar-refractivity contribution in [1.29, 1.82) is 0 Å². The van der Waals surface area contributed by atoms with Crippen LogP contribution in [0.4, 0.5) is 0 Å². The van der Waals surface area contributed by atoms with Crippen LogP contribution >= 0.6 is 12.2 Å². The third kappa shape index (κ3) is 5.52. The lowest BCUT2D eigenvalue weighted by atomic mass is 10.1. The zero-order chi connectivity index (χ0) is 12.0. The van der Waals surface area contributed by atoms with Gasteiger partial charge in [0.05, 0.1) is 10.9 Å². The largest absolute Gasteiger partial charge is 0.372 e. The Morgan fingerprint density at radius 3 is 2.20 bits per heavy atom. The second-order valence-corrected chi connectivity index (χ2v) is 4.41. The summed E-state index contributed by atoms with van der Waals surface area (Å²) in [5.74, 6) is 0.0342. The number of nitrogens with zero attached hydrogens (tertiary/aromatic N) is 2. The minimum Gasteiger partial charge on any atom is -0.372 e. The molecule has 1 atom stereocenters. The number of hydrogen-bond acceptors (Lipinski definition) is 2. The van der Waals surface area contributed by atoms with E-state index >= 15 is 0 Å². The second-order valence-electron chi connectivity index (χ2n) is 3.94. The molecule has 0 saturated heterocycles. The highest BCUT2D eigenvalue weighted by molar-refractivity contribution is 7.80. The summed E-state index contributed by atoms with van der Waals surface area (Å²) >= 11 is 5.13. The zero-order valence-electron chi connectivity index (χ0n) is 10.2. The van der Waals surface area contributed by atoms with E-state index in [0.29, 0.717) is 6.42 Å². The Bertz CT molecular complexity index is 259. The van der Waals surface area contributed by atoms with Gasteiger partial charge in [0.25, 0.3) is 0 Å². The van der Waals surface area contributed by atoms with E-state index in [4.69, 9.17) is 12.2 Å². The van der Waals surface area contributed by atoms with Gasteiger partial charge in [0.1, 0.15) is 0 Å². The van der Waals surface area contributed by atoms with Crippen LogP contribution in [0.3, 0.4) is 0 Å². The normalized spacial score (nSPS) is 12.6. The highest BCUT2D eigenvalue weighted by Gasteiger charge is 2.10. The maximum Gasteiger partial charge on any atom is 0.228 e. The van der Waals surface area contributed by atoms with E-state index in [1.807, 2.05) is 38.1 Å². The molecule has 86 valence electrons. The lowest BCUT2D eigenvalue weighted by Gasteiger charge is -2.14. The maximum atomic E-state index is 11.5. The summed E-state index contributed by atoms with van der Waals surface area (Å²) in [6.07, 6.45) is 4.57. The van der Waals surface area contributed by atoms with Crippen molar-refractivity contribution in [3.8, 4) is 0 Å². The van der Waals surface area contributed by atoms with Crippen LogP contribution in [0.1, 0.15) is 13.3 Å². The Labute approximate surface area is 97.7 Å². The molecule has 0 aromatic heterocycles. The third-order valence-corrected chi connectivity index (χ3v) is 2.58. The van der Waals surface area contributed by atoms with Crippen molar-refractivity contribution in [1.82, 2.24) is 9.80 Å². The van der Waals surface area contributed by atoms with Gasteiger partial charge in [0.2, 0.25) is 5.91 Å². The molecule has 1 unspecified atom stereocenters. The molecule has 0 heterocycles. The molecule has 0 N–H and O–H groups in total. The standard InChI is InChI=1S/C11H20N2OS/c1-9(11(14)13(4)5)7-6-8-10(15)12(2)3/h6-7,9H,8H2,1-5H3. The summed E-state index contributed by atoms with van der Waals surface area (Å²) in [7, 11) is 7.36. The Morgan fingerprint density at radius 2 is 1.80 bits per heavy atom. The Balaban J connectivity index is 4.08. The molecule has 0 bridgehead atoms. The predicted molar refractivity (Wildman–Crippen MR) is 67.9 cm³/mol. The van der Waals surface area contributed by atoms with E-state index in [2.05, 4.69) is 0 Å². The van der Waals surface area contributed by atoms with Crippen molar-refractivity contribution in [2.24, 2.45) is 5.92 Å². The van der Waals surface area contributed by atoms with Crippen molar-refractivity contribution in [3.63, 3.8) is 0 Å². The smallest absolute Gasteiger partial charge is 0.228 e. The number of carbonyl (C=O) groups is 1. The van der Waals surface area contributed by atoms with Crippen LogP contribution in [-0.4, -0.2) is 48.9 Å². The summed E-state index contributed by atoms with van der Waals surface area (Å²) in [4.78, 5) is 15.9. The number of amides is 1. The van der Waals surface area contributed by atoms with Crippen LogP contribution in [0.5, 0.6) is 0 Å². The summed E-state index contributed by atoms with van der Waals surface area (Å²) in [5.41, 5.74) is 0. The molecular formula is C11H20N2OS. The van der Waals surface area contributed by atoms with E-state index in [1.54, 1.807) is 19.0 Å². The fraction of sp³-hybridized carbons (Fsp3) is 0.636. The van der Waals surface area contributed by atoms with E-state index in [0.717, 1.165) is 4.99 Å². The van der Waals surface area contributed by atoms with E-state index in [1.165, 1.54) is 0 Å². The van der Waals surface area contributed by atoms with Gasteiger partial charge in [-0.25, -0.2) is 0 Å². The van der Waals surface area contributed by atoms with E-state index < -0.39 is 0 Å². The molecule has 15 heavy (non-hydrogen) atoms. The van der Waals surface area contributed by atoms with E-state index in [9.17, 15) is 4.79 Å². The van der Waals surface area contributed by atoms with Crippen LogP contribution in [0.2, 0.25) is 0 Å². The molecule has 1 amide bonds. The SMILES string of the molecule is CC(C=CCC(=S)N(C)C)C(=O)N(C)C. The van der Waals surface area contributed by atoms with Crippen molar-refractivity contribution in [2.45, 2.75) is 13.3 Å². The van der Waals surface area contributed by atoms with Crippen LogP contribution < -0.4 is 0 Å². The molecule has 0 saturated carbocycles. The minimum atomic E-state index is -0.0787. The highest BCUT2D eigenvalue weighted by Crippen LogP contribution is 2.03. The first kappa shape index (κ1) is 14.1. The monoisotopic (exact) mass is 228 g/mol. The highest BCUT2D eigenvalue weighted by atomic mass is 32.1. The molecule has 4 heteroatoms. The van der Waals surface area contributed by atoms with Crippen molar-refractivity contribution >= 4 is 23.1 Å².